The normalized spacial score (nSPS) is 24.1. The SMILES string of the molecule is C[C@@H](c1ccccc1)N1C(=O)[C@@]2(Cc3ccccc3)CCC[C@@H]1C(=O)N2[C@@H](C)c1ccccc1. The van der Waals surface area contributed by atoms with Crippen LogP contribution in [0.5, 0.6) is 0 Å². The minimum absolute atomic E-state index is 0.0761. The van der Waals surface area contributed by atoms with E-state index >= 15 is 0 Å². The highest BCUT2D eigenvalue weighted by molar-refractivity contribution is 6.01. The Bertz CT molecular complexity index is 1150. The van der Waals surface area contributed by atoms with Crippen molar-refractivity contribution in [1.82, 2.24) is 9.80 Å². The van der Waals surface area contributed by atoms with Gasteiger partial charge >= 0.3 is 0 Å². The Hall–Kier alpha value is -3.40. The summed E-state index contributed by atoms with van der Waals surface area (Å²) in [4.78, 5) is 32.7. The van der Waals surface area contributed by atoms with Crippen LogP contribution in [0, 0.1) is 0 Å². The zero-order valence-electron chi connectivity index (χ0n) is 19.9. The van der Waals surface area contributed by atoms with Gasteiger partial charge in [-0.15, -0.1) is 0 Å². The molecule has 0 saturated carbocycles. The molecule has 3 aliphatic heterocycles. The van der Waals surface area contributed by atoms with Crippen molar-refractivity contribution in [2.45, 2.75) is 63.2 Å². The van der Waals surface area contributed by atoms with Gasteiger partial charge in [0.05, 0.1) is 12.1 Å². The van der Waals surface area contributed by atoms with E-state index in [1.165, 1.54) is 0 Å². The Morgan fingerprint density at radius 1 is 0.794 bits per heavy atom. The van der Waals surface area contributed by atoms with Gasteiger partial charge in [0.1, 0.15) is 11.6 Å². The lowest BCUT2D eigenvalue weighted by Gasteiger charge is -2.54. The number of benzene rings is 3. The summed E-state index contributed by atoms with van der Waals surface area (Å²) < 4.78 is 0. The maximum Gasteiger partial charge on any atom is 0.250 e. The first-order valence-electron chi connectivity index (χ1n) is 12.3. The molecule has 6 rings (SSSR count). The lowest BCUT2D eigenvalue weighted by molar-refractivity contribution is -0.175. The van der Waals surface area contributed by atoms with Crippen LogP contribution in [0.2, 0.25) is 0 Å². The fraction of sp³-hybridized carbons (Fsp3) is 0.333. The summed E-state index contributed by atoms with van der Waals surface area (Å²) in [5.74, 6) is 0.157. The molecular formula is C30H32N2O2. The van der Waals surface area contributed by atoms with Gasteiger partial charge in [-0.3, -0.25) is 9.59 Å². The average molecular weight is 453 g/mol. The Labute approximate surface area is 202 Å². The second kappa shape index (κ2) is 9.09. The zero-order valence-corrected chi connectivity index (χ0v) is 19.9. The van der Waals surface area contributed by atoms with Crippen molar-refractivity contribution in [2.24, 2.45) is 0 Å². The molecule has 3 aromatic carbocycles. The zero-order chi connectivity index (χ0) is 23.7. The number of hydrogen-bond donors (Lipinski definition) is 0. The van der Waals surface area contributed by atoms with Crippen LogP contribution in [-0.4, -0.2) is 33.2 Å². The smallest absolute Gasteiger partial charge is 0.250 e. The van der Waals surface area contributed by atoms with E-state index in [0.29, 0.717) is 19.3 Å². The Balaban J connectivity index is 1.63. The van der Waals surface area contributed by atoms with Crippen molar-refractivity contribution < 1.29 is 9.59 Å². The predicted molar refractivity (Wildman–Crippen MR) is 134 cm³/mol. The van der Waals surface area contributed by atoms with Crippen molar-refractivity contribution >= 4 is 11.8 Å². The molecule has 3 aromatic rings. The van der Waals surface area contributed by atoms with Crippen molar-refractivity contribution in [2.75, 3.05) is 0 Å². The number of carbonyl (C=O) groups is 2. The molecule has 4 atom stereocenters. The Kier molecular flexibility index (Phi) is 5.99. The minimum atomic E-state index is -0.899. The number of hydrogen-bond acceptors (Lipinski definition) is 2. The van der Waals surface area contributed by atoms with Gasteiger partial charge in [0.25, 0.3) is 0 Å². The molecule has 0 N–H and O–H groups in total. The van der Waals surface area contributed by atoms with Gasteiger partial charge in [0.15, 0.2) is 0 Å². The van der Waals surface area contributed by atoms with E-state index < -0.39 is 11.6 Å². The summed E-state index contributed by atoms with van der Waals surface area (Å²) in [5.41, 5.74) is 2.31. The second-order valence-electron chi connectivity index (χ2n) is 9.70. The lowest BCUT2D eigenvalue weighted by Crippen LogP contribution is -2.71. The standard InChI is InChI=1S/C30H32N2O2/c1-22(25-15-8-4-9-16-25)31-27-19-12-20-30(29(31)34,21-24-13-6-3-7-14-24)32(28(27)33)23(2)26-17-10-5-11-18-26/h3-11,13-18,22-23,27H,12,19-21H2,1-2H3/t22-,23-,27+,30-/m0/s1. The van der Waals surface area contributed by atoms with Crippen LogP contribution in [0.25, 0.3) is 0 Å². The molecule has 2 bridgehead atoms. The van der Waals surface area contributed by atoms with Crippen LogP contribution in [0.4, 0.5) is 0 Å². The molecule has 0 spiro atoms. The molecule has 2 amide bonds. The van der Waals surface area contributed by atoms with Crippen molar-refractivity contribution in [3.05, 3.63) is 108 Å². The third-order valence-corrected chi connectivity index (χ3v) is 7.73. The fourth-order valence-corrected chi connectivity index (χ4v) is 6.02. The molecule has 4 heteroatoms. The highest BCUT2D eigenvalue weighted by atomic mass is 16.2. The minimum Gasteiger partial charge on any atom is -0.322 e. The third-order valence-electron chi connectivity index (χ3n) is 7.73. The van der Waals surface area contributed by atoms with E-state index in [4.69, 9.17) is 0 Å². The topological polar surface area (TPSA) is 40.6 Å². The molecule has 0 aliphatic carbocycles. The van der Waals surface area contributed by atoms with Crippen molar-refractivity contribution in [3.63, 3.8) is 0 Å². The summed E-state index contributed by atoms with van der Waals surface area (Å²) in [6.07, 6.45) is 2.76. The third kappa shape index (κ3) is 3.71. The predicted octanol–water partition coefficient (Wildman–Crippen LogP) is 5.71. The summed E-state index contributed by atoms with van der Waals surface area (Å²) >= 11 is 0. The number of nitrogens with zero attached hydrogens (tertiary/aromatic N) is 2. The van der Waals surface area contributed by atoms with Crippen molar-refractivity contribution in [1.29, 1.82) is 0 Å². The molecule has 0 unspecified atom stereocenters. The maximum absolute atomic E-state index is 14.6. The molecule has 3 aliphatic rings. The van der Waals surface area contributed by atoms with Gasteiger partial charge < -0.3 is 9.80 Å². The van der Waals surface area contributed by atoms with Crippen LogP contribution in [0.1, 0.15) is 61.9 Å². The molecule has 0 aromatic heterocycles. The molecule has 3 saturated heterocycles. The summed E-state index contributed by atoms with van der Waals surface area (Å²) in [7, 11) is 0. The van der Waals surface area contributed by atoms with Crippen LogP contribution < -0.4 is 0 Å². The van der Waals surface area contributed by atoms with Gasteiger partial charge in [-0.25, -0.2) is 0 Å². The summed E-state index contributed by atoms with van der Waals surface area (Å²) in [6, 6.07) is 29.6. The van der Waals surface area contributed by atoms with Crippen LogP contribution in [-0.2, 0) is 16.0 Å². The molecular weight excluding hydrogens is 420 g/mol. The van der Waals surface area contributed by atoms with Gasteiger partial charge in [0.2, 0.25) is 11.8 Å². The molecule has 34 heavy (non-hydrogen) atoms. The number of rotatable bonds is 6. The molecule has 4 nitrogen and oxygen atoms in total. The average Bonchev–Trinajstić information content (AvgIpc) is 3.11. The van der Waals surface area contributed by atoms with Crippen LogP contribution in [0.15, 0.2) is 91.0 Å². The first-order chi connectivity index (χ1) is 16.5. The van der Waals surface area contributed by atoms with E-state index in [0.717, 1.165) is 23.1 Å². The Morgan fingerprint density at radius 3 is 1.91 bits per heavy atom. The quantitative estimate of drug-likeness (QED) is 0.480. The summed E-state index contributed by atoms with van der Waals surface area (Å²) in [6.45, 7) is 4.13. The van der Waals surface area contributed by atoms with Gasteiger partial charge in [0, 0.05) is 6.42 Å². The number of amides is 2. The van der Waals surface area contributed by atoms with E-state index in [2.05, 4.69) is 50.2 Å². The van der Waals surface area contributed by atoms with Crippen LogP contribution >= 0.6 is 0 Å². The highest BCUT2D eigenvalue weighted by Gasteiger charge is 2.60. The van der Waals surface area contributed by atoms with E-state index in [1.807, 2.05) is 64.4 Å². The molecule has 3 fully saturated rings. The van der Waals surface area contributed by atoms with Gasteiger partial charge in [-0.2, -0.15) is 0 Å². The fourth-order valence-electron chi connectivity index (χ4n) is 6.02. The Morgan fingerprint density at radius 2 is 1.32 bits per heavy atom. The first kappa shape index (κ1) is 22.4. The number of fused-ring (bicyclic) bond motifs is 4. The van der Waals surface area contributed by atoms with Crippen molar-refractivity contribution in [3.8, 4) is 0 Å². The maximum atomic E-state index is 14.6. The highest BCUT2D eigenvalue weighted by Crippen LogP contribution is 2.46. The number of carbonyl (C=O) groups excluding carboxylic acids is 2. The lowest BCUT2D eigenvalue weighted by atomic mass is 9.80. The monoisotopic (exact) mass is 452 g/mol. The first-order valence-corrected chi connectivity index (χ1v) is 12.3. The largest absolute Gasteiger partial charge is 0.322 e. The van der Waals surface area contributed by atoms with E-state index in [9.17, 15) is 9.59 Å². The molecule has 3 heterocycles. The number of piperazine rings is 1. The molecule has 0 radical (unpaired) electrons. The molecule has 174 valence electrons. The van der Waals surface area contributed by atoms with E-state index in [1.54, 1.807) is 0 Å². The van der Waals surface area contributed by atoms with Crippen LogP contribution in [0.3, 0.4) is 0 Å². The van der Waals surface area contributed by atoms with Gasteiger partial charge in [-0.05, 0) is 49.8 Å². The second-order valence-corrected chi connectivity index (χ2v) is 9.70. The summed E-state index contributed by atoms with van der Waals surface area (Å²) in [5, 5.41) is 0. The van der Waals surface area contributed by atoms with E-state index in [-0.39, 0.29) is 23.9 Å². The van der Waals surface area contributed by atoms with Gasteiger partial charge in [-0.1, -0.05) is 91.0 Å².